The minimum absolute atomic E-state index is 0.00311. The minimum Gasteiger partial charge on any atom is -0.495 e. The fourth-order valence-corrected chi connectivity index (χ4v) is 2.29. The van der Waals surface area contributed by atoms with Gasteiger partial charge >= 0.3 is 0 Å². The molecule has 1 aromatic rings. The van der Waals surface area contributed by atoms with Crippen LogP contribution >= 0.6 is 11.6 Å². The lowest BCUT2D eigenvalue weighted by Crippen LogP contribution is -2.14. The SMILES string of the molecule is CCC(CC)C(=O)c1ccc(OC)c(Cl)c1OC. The van der Waals surface area contributed by atoms with Crippen molar-refractivity contribution in [2.75, 3.05) is 14.2 Å². The Labute approximate surface area is 113 Å². The normalized spacial score (nSPS) is 10.6. The maximum Gasteiger partial charge on any atom is 0.169 e. The Morgan fingerprint density at radius 1 is 1.22 bits per heavy atom. The van der Waals surface area contributed by atoms with Gasteiger partial charge in [0.2, 0.25) is 0 Å². The van der Waals surface area contributed by atoms with Crippen LogP contribution in [0.4, 0.5) is 0 Å². The highest BCUT2D eigenvalue weighted by Crippen LogP contribution is 2.38. The van der Waals surface area contributed by atoms with Crippen molar-refractivity contribution in [1.82, 2.24) is 0 Å². The van der Waals surface area contributed by atoms with E-state index >= 15 is 0 Å². The van der Waals surface area contributed by atoms with Crippen LogP contribution < -0.4 is 9.47 Å². The van der Waals surface area contributed by atoms with E-state index in [-0.39, 0.29) is 11.7 Å². The lowest BCUT2D eigenvalue weighted by Gasteiger charge is -2.16. The third-order valence-electron chi connectivity index (χ3n) is 3.11. The number of carbonyl (C=O) groups is 1. The Balaban J connectivity index is 3.24. The Hall–Kier alpha value is -1.22. The van der Waals surface area contributed by atoms with Crippen molar-refractivity contribution in [2.45, 2.75) is 26.7 Å². The Bertz CT molecular complexity index is 425. The molecule has 0 bridgehead atoms. The van der Waals surface area contributed by atoms with Crippen LogP contribution in [0.25, 0.3) is 0 Å². The molecule has 0 spiro atoms. The fraction of sp³-hybridized carbons (Fsp3) is 0.500. The average Bonchev–Trinajstić information content (AvgIpc) is 2.39. The number of ketones is 1. The minimum atomic E-state index is 0.00311. The molecular formula is C14H19ClO3. The zero-order valence-electron chi connectivity index (χ0n) is 11.2. The van der Waals surface area contributed by atoms with Gasteiger partial charge in [-0.1, -0.05) is 25.4 Å². The van der Waals surface area contributed by atoms with Gasteiger partial charge in [0.25, 0.3) is 0 Å². The number of benzene rings is 1. The summed E-state index contributed by atoms with van der Waals surface area (Å²) < 4.78 is 10.4. The number of Topliss-reactive ketones (excluding diaryl/α,β-unsaturated/α-hetero) is 1. The molecule has 0 aromatic heterocycles. The van der Waals surface area contributed by atoms with E-state index in [0.29, 0.717) is 22.1 Å². The molecule has 0 fully saturated rings. The lowest BCUT2D eigenvalue weighted by atomic mass is 9.92. The molecule has 0 N–H and O–H groups in total. The summed E-state index contributed by atoms with van der Waals surface area (Å²) in [5, 5.41) is 0.344. The van der Waals surface area contributed by atoms with Gasteiger partial charge < -0.3 is 9.47 Å². The maximum absolute atomic E-state index is 12.4. The lowest BCUT2D eigenvalue weighted by molar-refractivity contribution is 0.0910. The molecule has 0 atom stereocenters. The van der Waals surface area contributed by atoms with Gasteiger partial charge in [-0.25, -0.2) is 0 Å². The summed E-state index contributed by atoms with van der Waals surface area (Å²) in [5.41, 5.74) is 0.525. The predicted octanol–water partition coefficient (Wildman–Crippen LogP) is 3.98. The quantitative estimate of drug-likeness (QED) is 0.734. The van der Waals surface area contributed by atoms with Crippen molar-refractivity contribution in [3.63, 3.8) is 0 Å². The largest absolute Gasteiger partial charge is 0.495 e. The average molecular weight is 271 g/mol. The van der Waals surface area contributed by atoms with Crippen LogP contribution in [-0.4, -0.2) is 20.0 Å². The van der Waals surface area contributed by atoms with E-state index < -0.39 is 0 Å². The van der Waals surface area contributed by atoms with Crippen molar-refractivity contribution in [3.8, 4) is 11.5 Å². The van der Waals surface area contributed by atoms with Gasteiger partial charge in [0.1, 0.15) is 10.8 Å². The van der Waals surface area contributed by atoms with Crippen molar-refractivity contribution >= 4 is 17.4 Å². The molecule has 1 rings (SSSR count). The van der Waals surface area contributed by atoms with Crippen LogP contribution in [0.3, 0.4) is 0 Å². The van der Waals surface area contributed by atoms with Gasteiger partial charge in [-0.05, 0) is 25.0 Å². The van der Waals surface area contributed by atoms with E-state index in [4.69, 9.17) is 21.1 Å². The van der Waals surface area contributed by atoms with Gasteiger partial charge in [0.15, 0.2) is 11.5 Å². The Morgan fingerprint density at radius 2 is 1.83 bits per heavy atom. The Kier molecular flexibility index (Phi) is 5.48. The van der Waals surface area contributed by atoms with E-state index in [2.05, 4.69) is 0 Å². The van der Waals surface area contributed by atoms with Crippen molar-refractivity contribution in [3.05, 3.63) is 22.7 Å². The number of ether oxygens (including phenoxy) is 2. The second kappa shape index (κ2) is 6.64. The van der Waals surface area contributed by atoms with E-state index in [1.807, 2.05) is 13.8 Å². The van der Waals surface area contributed by atoms with Crippen LogP contribution in [-0.2, 0) is 0 Å². The van der Waals surface area contributed by atoms with E-state index in [1.54, 1.807) is 12.1 Å². The molecule has 0 radical (unpaired) electrons. The zero-order valence-corrected chi connectivity index (χ0v) is 12.0. The van der Waals surface area contributed by atoms with Crippen molar-refractivity contribution in [1.29, 1.82) is 0 Å². The summed E-state index contributed by atoms with van der Waals surface area (Å²) in [7, 11) is 3.04. The summed E-state index contributed by atoms with van der Waals surface area (Å²) in [6.07, 6.45) is 1.62. The summed E-state index contributed by atoms with van der Waals surface area (Å²) in [6, 6.07) is 3.41. The molecule has 0 saturated carbocycles. The standard InChI is InChI=1S/C14H19ClO3/c1-5-9(6-2)13(16)10-7-8-11(17-3)12(15)14(10)18-4/h7-9H,5-6H2,1-4H3. The molecule has 0 unspecified atom stereocenters. The van der Waals surface area contributed by atoms with E-state index in [1.165, 1.54) is 14.2 Å². The zero-order chi connectivity index (χ0) is 13.7. The van der Waals surface area contributed by atoms with Gasteiger partial charge in [0.05, 0.1) is 19.8 Å². The molecular weight excluding hydrogens is 252 g/mol. The molecule has 0 saturated heterocycles. The molecule has 4 heteroatoms. The smallest absolute Gasteiger partial charge is 0.169 e. The Morgan fingerprint density at radius 3 is 2.28 bits per heavy atom. The molecule has 18 heavy (non-hydrogen) atoms. The van der Waals surface area contributed by atoms with Crippen LogP contribution in [0.1, 0.15) is 37.0 Å². The first-order valence-corrected chi connectivity index (χ1v) is 6.43. The molecule has 3 nitrogen and oxygen atoms in total. The molecule has 0 aliphatic rings. The molecule has 0 aliphatic heterocycles. The van der Waals surface area contributed by atoms with Gasteiger partial charge in [-0.15, -0.1) is 0 Å². The van der Waals surface area contributed by atoms with Gasteiger partial charge in [0, 0.05) is 5.92 Å². The predicted molar refractivity (Wildman–Crippen MR) is 73.0 cm³/mol. The second-order valence-corrected chi connectivity index (χ2v) is 4.42. The summed E-state index contributed by atoms with van der Waals surface area (Å²) in [4.78, 5) is 12.4. The number of halogens is 1. The van der Waals surface area contributed by atoms with Crippen LogP contribution in [0.5, 0.6) is 11.5 Å². The number of rotatable bonds is 6. The number of carbonyl (C=O) groups excluding carboxylic acids is 1. The molecule has 100 valence electrons. The third kappa shape index (κ3) is 2.78. The van der Waals surface area contributed by atoms with Gasteiger partial charge in [-0.2, -0.15) is 0 Å². The van der Waals surface area contributed by atoms with Crippen molar-refractivity contribution < 1.29 is 14.3 Å². The molecule has 0 amide bonds. The number of hydrogen-bond donors (Lipinski definition) is 0. The van der Waals surface area contributed by atoms with E-state index in [0.717, 1.165) is 12.8 Å². The summed E-state index contributed by atoms with van der Waals surface area (Å²) in [6.45, 7) is 4.01. The number of hydrogen-bond acceptors (Lipinski definition) is 3. The van der Waals surface area contributed by atoms with Crippen LogP contribution in [0, 0.1) is 5.92 Å². The van der Waals surface area contributed by atoms with Crippen LogP contribution in [0.15, 0.2) is 12.1 Å². The van der Waals surface area contributed by atoms with E-state index in [9.17, 15) is 4.79 Å². The molecule has 0 heterocycles. The first-order chi connectivity index (χ1) is 8.60. The fourth-order valence-electron chi connectivity index (χ4n) is 1.97. The summed E-state index contributed by atoms with van der Waals surface area (Å²) >= 11 is 6.15. The number of methoxy groups -OCH3 is 2. The maximum atomic E-state index is 12.4. The monoisotopic (exact) mass is 270 g/mol. The topological polar surface area (TPSA) is 35.5 Å². The molecule has 1 aromatic carbocycles. The summed E-state index contributed by atoms with van der Waals surface area (Å²) in [5.74, 6) is 0.979. The highest BCUT2D eigenvalue weighted by Gasteiger charge is 2.23. The highest BCUT2D eigenvalue weighted by molar-refractivity contribution is 6.34. The highest BCUT2D eigenvalue weighted by atomic mass is 35.5. The van der Waals surface area contributed by atoms with Crippen LogP contribution in [0.2, 0.25) is 5.02 Å². The first kappa shape index (κ1) is 14.8. The third-order valence-corrected chi connectivity index (χ3v) is 3.47. The van der Waals surface area contributed by atoms with Gasteiger partial charge in [-0.3, -0.25) is 4.79 Å². The molecule has 0 aliphatic carbocycles. The second-order valence-electron chi connectivity index (χ2n) is 4.04. The first-order valence-electron chi connectivity index (χ1n) is 6.05. The van der Waals surface area contributed by atoms with Crippen molar-refractivity contribution in [2.24, 2.45) is 5.92 Å².